The first-order chi connectivity index (χ1) is 51.5. The summed E-state index contributed by atoms with van der Waals surface area (Å²) in [5.74, 6) is 0. The fourth-order valence-electron chi connectivity index (χ4n) is 11.4. The molecule has 77 heavy (non-hydrogen) atoms. The fourth-order valence-corrected chi connectivity index (χ4v) is 16.3. The second-order valence-corrected chi connectivity index (χ2v) is 22.1. The topological polar surface area (TPSA) is 18.7 Å². The van der Waals surface area contributed by atoms with E-state index in [4.69, 9.17) is 11.0 Å². The molecule has 360 valence electrons. The van der Waals surface area contributed by atoms with Crippen molar-refractivity contribution in [2.24, 2.45) is 0 Å². The van der Waals surface area contributed by atoms with E-state index < -0.39 is 262 Å². The number of benzene rings is 11. The van der Waals surface area contributed by atoms with Crippen LogP contribution in [0.15, 0.2) is 291 Å². The van der Waals surface area contributed by atoms with Gasteiger partial charge in [-0.05, 0) is 87.2 Å². The predicted molar refractivity (Wildman–Crippen MR) is 322 cm³/mol. The molecule has 0 N–H and O–H groups in total. The number of para-hydroxylation sites is 6. The highest BCUT2D eigenvalue weighted by Crippen LogP contribution is 2.43. The van der Waals surface area contributed by atoms with Crippen molar-refractivity contribution in [3.8, 4) is 28.2 Å². The Morgan fingerprint density at radius 2 is 0.636 bits per heavy atom. The van der Waals surface area contributed by atoms with Gasteiger partial charge in [0.05, 0.1) is 77.0 Å². The van der Waals surface area contributed by atoms with Crippen molar-refractivity contribution in [1.82, 2.24) is 13.7 Å². The van der Waals surface area contributed by atoms with Gasteiger partial charge in [0.2, 0.25) is 6.04 Å². The summed E-state index contributed by atoms with van der Waals surface area (Å²) in [5, 5.41) is -1.50. The van der Waals surface area contributed by atoms with Crippen molar-refractivity contribution < 1.29 is 48.4 Å². The van der Waals surface area contributed by atoms with Crippen LogP contribution in [0.4, 0.5) is 0 Å². The van der Waals surface area contributed by atoms with Gasteiger partial charge in [-0.3, -0.25) is 0 Å². The first-order valence-corrected chi connectivity index (χ1v) is 26.1. The molecule has 1 aliphatic rings. The van der Waals surface area contributed by atoms with E-state index >= 15 is 0 Å². The molecule has 1 aliphatic carbocycles. The van der Waals surface area contributed by atoms with Gasteiger partial charge in [0.1, 0.15) is 5.69 Å². The maximum Gasteiger partial charge on any atom is 0.210 e. The third-order valence-electron chi connectivity index (χ3n) is 14.5. The molecule has 0 amide bonds. The molecule has 4 nitrogen and oxygen atoms in total. The second-order valence-electron chi connectivity index (χ2n) is 18.3. The third-order valence-corrected chi connectivity index (χ3v) is 19.1. The molecule has 0 saturated heterocycles. The molecule has 0 radical (unpaired) electrons. The summed E-state index contributed by atoms with van der Waals surface area (Å²) in [6.45, 7) is 0. The number of rotatable bonds is 8. The van der Waals surface area contributed by atoms with E-state index in [1.807, 2.05) is 0 Å². The highest BCUT2D eigenvalue weighted by Gasteiger charge is 2.46. The Balaban J connectivity index is 1.21. The summed E-state index contributed by atoms with van der Waals surface area (Å²) in [7, 11) is -5.03. The van der Waals surface area contributed by atoms with Gasteiger partial charge >= 0.3 is 0 Å². The minimum atomic E-state index is -5.03. The lowest BCUT2D eigenvalue weighted by molar-refractivity contribution is -0.703. The van der Waals surface area contributed by atoms with Crippen LogP contribution in [0, 0.1) is 0 Å². The average molecular weight is 1030 g/mol. The van der Waals surface area contributed by atoms with E-state index in [0.29, 0.717) is 10.4 Å². The van der Waals surface area contributed by atoms with Crippen LogP contribution in [0.3, 0.4) is 0 Å². The molecule has 0 spiro atoms. The van der Waals surface area contributed by atoms with Crippen LogP contribution in [0.25, 0.3) is 93.6 Å². The van der Waals surface area contributed by atoms with Crippen molar-refractivity contribution in [3.63, 3.8) is 0 Å². The van der Waals surface area contributed by atoms with Crippen molar-refractivity contribution in [3.05, 3.63) is 302 Å². The third kappa shape index (κ3) is 6.41. The first kappa shape index (κ1) is 22.6. The van der Waals surface area contributed by atoms with Crippen molar-refractivity contribution in [2.45, 2.75) is 6.04 Å². The Bertz CT molecular complexity index is 6250. The van der Waals surface area contributed by atoms with Crippen molar-refractivity contribution >= 4 is 94.2 Å². The first-order valence-electron chi connectivity index (χ1n) is 40.1. The van der Waals surface area contributed by atoms with Gasteiger partial charge in [0.15, 0.2) is 20.5 Å². The Morgan fingerprint density at radius 1 is 0.312 bits per heavy atom. The van der Waals surface area contributed by atoms with Gasteiger partial charge in [0.25, 0.3) is 0 Å². The molecule has 0 aliphatic heterocycles. The molecule has 15 aromatic rings. The summed E-state index contributed by atoms with van der Waals surface area (Å²) in [6, 6.07) is -3.83. The number of hydrogen-bond donors (Lipinski definition) is 0. The highest BCUT2D eigenvalue weighted by molar-refractivity contribution is 7.20. The maximum absolute atomic E-state index is 9.84. The zero-order valence-electron chi connectivity index (χ0n) is 71.6. The largest absolute Gasteiger partial charge is 0.309 e. The van der Waals surface area contributed by atoms with E-state index in [9.17, 15) is 32.9 Å². The van der Waals surface area contributed by atoms with Crippen LogP contribution in [-0.2, 0) is 0 Å². The smallest absolute Gasteiger partial charge is 0.210 e. The van der Waals surface area contributed by atoms with E-state index in [1.165, 1.54) is 54.9 Å². The molecule has 4 heterocycles. The lowest BCUT2D eigenvalue weighted by Gasteiger charge is -2.34. The molecule has 0 saturated carbocycles. The van der Waals surface area contributed by atoms with Crippen LogP contribution >= 0.6 is 0 Å². The van der Waals surface area contributed by atoms with Gasteiger partial charge in [0, 0.05) is 60.0 Å². The Hall–Kier alpha value is -9.81. The summed E-state index contributed by atoms with van der Waals surface area (Å²) < 4.78 is 306. The number of pyridine rings is 1. The molecular weight excluding hydrogens is 949 g/mol. The summed E-state index contributed by atoms with van der Waals surface area (Å²) in [4.78, 5) is 0. The maximum atomic E-state index is 9.84. The summed E-state index contributed by atoms with van der Waals surface area (Å²) in [6.07, 6.45) is 2.83. The molecule has 0 fully saturated rings. The lowest BCUT2D eigenvalue weighted by Crippen LogP contribution is -2.75. The van der Waals surface area contributed by atoms with E-state index in [1.54, 1.807) is 60.7 Å². The summed E-state index contributed by atoms with van der Waals surface area (Å²) >= 11 is 0. The number of nitrogens with zero attached hydrogens (tertiary/aromatic N) is 4. The van der Waals surface area contributed by atoms with Gasteiger partial charge in [-0.2, -0.15) is 4.57 Å². The molecular formula is C72H49N4Si+. The monoisotopic (exact) mass is 1030 g/mol. The number of aromatic nitrogens is 4. The number of hydrogen-bond acceptors (Lipinski definition) is 0. The molecule has 0 atom stereocenters. The standard InChI is InChI=1S/C72H49N4Si/c1-3-23-52(24-4-1)77(53-25-5-2-6-26-53,54-44-49(74-66-37-17-11-29-58(66)59-30-12-18-38-67(59)74)43-50(45-54)75-68-39-19-13-31-60(68)61-32-14-20-40-69(61)75)55-46-51(76-70-41-21-15-33-62(70)63-34-16-22-42-71(63)76)47-73(48-55)72-64-35-9-7-27-56(64)57-28-8-10-36-65(57)72/h1-48,72H/q+1/i7D,8D,9D,10D,11D,12D,13D,14D,15D,16D,17D,18D,19D,20D,21D,22D,27D,28D,29D,30D,31D,32D,33D,34D,35D,36D,37D,38D,39D,40D,41D,42D. The molecule has 11 aromatic carbocycles. The fraction of sp³-hybridized carbons (Fsp3) is 0.0139. The van der Waals surface area contributed by atoms with Crippen LogP contribution in [0.5, 0.6) is 0 Å². The van der Waals surface area contributed by atoms with Crippen LogP contribution < -0.4 is 25.3 Å². The zero-order valence-corrected chi connectivity index (χ0v) is 40.6. The molecule has 4 aromatic heterocycles. The van der Waals surface area contributed by atoms with Crippen LogP contribution in [0.1, 0.15) is 61.0 Å². The molecule has 0 unspecified atom stereocenters. The van der Waals surface area contributed by atoms with E-state index in [-0.39, 0.29) is 60.5 Å². The van der Waals surface area contributed by atoms with Crippen molar-refractivity contribution in [1.29, 1.82) is 0 Å². The van der Waals surface area contributed by atoms with Gasteiger partial charge in [-0.15, -0.1) is 0 Å². The van der Waals surface area contributed by atoms with Crippen molar-refractivity contribution in [2.75, 3.05) is 0 Å². The molecule has 5 heteroatoms. The normalized spacial score (nSPS) is 18.4. The molecule has 16 rings (SSSR count). The lowest BCUT2D eigenvalue weighted by atomic mass is 10.1. The SMILES string of the molecule is [2H]c1c([2H])c([2H])c2c(c1[2H])-c1c([2H])c([2H])c([2H])c([2H])c1C2[n+]1cc(-n2c3c([2H])c([2H])c([2H])c([2H])c3c3c([2H])c([2H])c([2H])c([2H])c32)cc([Si](c2ccccc2)(c2ccccc2)c2cc(-n3c4c([2H])c([2H])c([2H])c([2H])c4c4c([2H])c([2H])c([2H])c([2H])c43)cc(-n3c4c([2H])c([2H])c([2H])c([2H])c4c4c([2H])c([2H])c([2H])c([2H])c43)c2)c1. The van der Waals surface area contributed by atoms with E-state index in [0.717, 1.165) is 0 Å². The summed E-state index contributed by atoms with van der Waals surface area (Å²) in [5.41, 5.74) is -4.58. The van der Waals surface area contributed by atoms with Gasteiger partial charge in [-0.1, -0.05) is 218 Å². The highest BCUT2D eigenvalue weighted by atomic mass is 28.3. The minimum absolute atomic E-state index is 0.0657. The van der Waals surface area contributed by atoms with Crippen LogP contribution in [0.2, 0.25) is 0 Å². The Kier molecular flexibility index (Phi) is 5.02. The Labute approximate surface area is 491 Å². The quantitative estimate of drug-likeness (QED) is 0.0821. The predicted octanol–water partition coefficient (Wildman–Crippen LogP) is 14.3. The second kappa shape index (κ2) is 17.1. The number of fused-ring (bicyclic) bond motifs is 12. The van der Waals surface area contributed by atoms with Gasteiger partial charge < -0.3 is 13.7 Å². The molecule has 0 bridgehead atoms. The Morgan fingerprint density at radius 3 is 1.03 bits per heavy atom. The van der Waals surface area contributed by atoms with Crippen LogP contribution in [-0.4, -0.2) is 21.8 Å². The average Bonchev–Trinajstić information content (AvgIpc) is 1.57. The zero-order chi connectivity index (χ0) is 78.5. The van der Waals surface area contributed by atoms with Gasteiger partial charge in [-0.25, -0.2) is 0 Å². The van der Waals surface area contributed by atoms with E-state index in [2.05, 4.69) is 0 Å². The minimum Gasteiger partial charge on any atom is -0.309 e.